The molecule has 2 rings (SSSR count). The van der Waals surface area contributed by atoms with Crippen molar-refractivity contribution in [3.63, 3.8) is 0 Å². The van der Waals surface area contributed by atoms with Crippen LogP contribution < -0.4 is 0 Å². The zero-order valence-electron chi connectivity index (χ0n) is 10.8. The Morgan fingerprint density at radius 3 is 2.62 bits per heavy atom. The van der Waals surface area contributed by atoms with E-state index >= 15 is 0 Å². The van der Waals surface area contributed by atoms with E-state index in [9.17, 15) is 0 Å². The Morgan fingerprint density at radius 2 is 2.00 bits per heavy atom. The first-order chi connectivity index (χ1) is 7.86. The van der Waals surface area contributed by atoms with Gasteiger partial charge in [-0.25, -0.2) is 0 Å². The van der Waals surface area contributed by atoms with Crippen molar-refractivity contribution in [2.45, 2.75) is 64.3 Å². The summed E-state index contributed by atoms with van der Waals surface area (Å²) in [6, 6.07) is 0.850. The summed E-state index contributed by atoms with van der Waals surface area (Å²) in [4.78, 5) is 0. The molecule has 0 amide bonds. The molecule has 2 aliphatic rings. The molecule has 1 aliphatic heterocycles. The fourth-order valence-electron chi connectivity index (χ4n) is 3.00. The van der Waals surface area contributed by atoms with Crippen molar-refractivity contribution >= 4 is 9.84 Å². The summed E-state index contributed by atoms with van der Waals surface area (Å²) in [6.07, 6.45) is 10.1. The molecule has 1 atom stereocenters. The largest absolute Gasteiger partial charge is 0.354 e. The van der Waals surface area contributed by atoms with Crippen molar-refractivity contribution < 1.29 is 4.74 Å². The molecule has 0 aromatic carbocycles. The molecule has 0 radical (unpaired) electrons. The van der Waals surface area contributed by atoms with E-state index in [0.717, 1.165) is 6.04 Å². The van der Waals surface area contributed by atoms with Gasteiger partial charge in [0.1, 0.15) is 0 Å². The Balaban J connectivity index is 1.79. The van der Waals surface area contributed by atoms with Crippen LogP contribution in [0.3, 0.4) is 0 Å². The molecule has 16 heavy (non-hydrogen) atoms. The SMILES string of the molecule is CCCCN1[SiH2]N(C2CCCCC2)C1OC. The minimum Gasteiger partial charge on any atom is -0.354 e. The van der Waals surface area contributed by atoms with E-state index in [1.54, 1.807) is 0 Å². The number of methoxy groups -OCH3 is 1. The van der Waals surface area contributed by atoms with Crippen LogP contribution in [0.4, 0.5) is 0 Å². The van der Waals surface area contributed by atoms with Gasteiger partial charge in [-0.3, -0.25) is 9.13 Å². The third-order valence-corrected chi connectivity index (χ3v) is 6.14. The number of nitrogens with zero attached hydrogens (tertiary/aromatic N) is 2. The van der Waals surface area contributed by atoms with E-state index < -0.39 is 0 Å². The van der Waals surface area contributed by atoms with Gasteiger partial charge in [0.25, 0.3) is 0 Å². The normalized spacial score (nSPS) is 30.8. The lowest BCUT2D eigenvalue weighted by molar-refractivity contribution is -0.132. The zero-order chi connectivity index (χ0) is 11.4. The molecule has 0 N–H and O–H groups in total. The molecule has 1 heterocycles. The third kappa shape index (κ3) is 2.67. The van der Waals surface area contributed by atoms with Crippen LogP contribution in [0.25, 0.3) is 0 Å². The molecular weight excluding hydrogens is 216 g/mol. The average Bonchev–Trinajstić information content (AvgIpc) is 2.30. The van der Waals surface area contributed by atoms with Crippen LogP contribution in [-0.2, 0) is 4.74 Å². The minimum atomic E-state index is -0.149. The van der Waals surface area contributed by atoms with Crippen molar-refractivity contribution in [3.8, 4) is 0 Å². The van der Waals surface area contributed by atoms with Gasteiger partial charge in [0, 0.05) is 13.2 Å². The second-order valence-electron chi connectivity index (χ2n) is 5.18. The number of hydrogen-bond acceptors (Lipinski definition) is 3. The van der Waals surface area contributed by atoms with E-state index in [0.29, 0.717) is 6.35 Å². The minimum absolute atomic E-state index is 0.149. The maximum atomic E-state index is 5.65. The molecular formula is C12H26N2OSi. The second-order valence-corrected chi connectivity index (χ2v) is 7.00. The predicted molar refractivity (Wildman–Crippen MR) is 69.7 cm³/mol. The molecule has 0 aromatic rings. The Bertz CT molecular complexity index is 209. The first-order valence-electron chi connectivity index (χ1n) is 6.89. The maximum Gasteiger partial charge on any atom is 0.179 e. The highest BCUT2D eigenvalue weighted by Crippen LogP contribution is 2.29. The van der Waals surface area contributed by atoms with Gasteiger partial charge in [-0.2, -0.15) is 0 Å². The first kappa shape index (κ1) is 12.6. The number of rotatable bonds is 5. The fraction of sp³-hybridized carbons (Fsp3) is 1.00. The average molecular weight is 242 g/mol. The van der Waals surface area contributed by atoms with E-state index in [1.165, 1.54) is 51.5 Å². The summed E-state index contributed by atoms with van der Waals surface area (Å²) in [5.74, 6) is 0. The molecule has 2 fully saturated rings. The lowest BCUT2D eigenvalue weighted by atomic mass is 9.95. The van der Waals surface area contributed by atoms with Gasteiger partial charge in [-0.15, -0.1) is 0 Å². The summed E-state index contributed by atoms with van der Waals surface area (Å²) in [7, 11) is 1.72. The molecule has 3 nitrogen and oxygen atoms in total. The summed E-state index contributed by atoms with van der Waals surface area (Å²) < 4.78 is 10.9. The molecule has 94 valence electrons. The Kier molecular flexibility index (Phi) is 4.82. The molecule has 1 saturated carbocycles. The monoisotopic (exact) mass is 242 g/mol. The summed E-state index contributed by atoms with van der Waals surface area (Å²) in [5.41, 5.74) is 0. The van der Waals surface area contributed by atoms with Crippen LogP contribution in [-0.4, -0.2) is 45.0 Å². The van der Waals surface area contributed by atoms with Gasteiger partial charge >= 0.3 is 0 Å². The lowest BCUT2D eigenvalue weighted by Crippen LogP contribution is -2.70. The smallest absolute Gasteiger partial charge is 0.179 e. The number of hydrogen-bond donors (Lipinski definition) is 0. The highest BCUT2D eigenvalue weighted by molar-refractivity contribution is 6.32. The van der Waals surface area contributed by atoms with Gasteiger partial charge in [0.2, 0.25) is 0 Å². The maximum absolute atomic E-state index is 5.65. The Hall–Kier alpha value is 0.0969. The first-order valence-corrected chi connectivity index (χ1v) is 8.16. The van der Waals surface area contributed by atoms with Gasteiger partial charge < -0.3 is 4.74 Å². The highest BCUT2D eigenvalue weighted by Gasteiger charge is 2.40. The quantitative estimate of drug-likeness (QED) is 0.682. The number of ether oxygens (including phenoxy) is 1. The highest BCUT2D eigenvalue weighted by atomic mass is 28.2. The van der Waals surface area contributed by atoms with Crippen LogP contribution in [0.2, 0.25) is 0 Å². The predicted octanol–water partition coefficient (Wildman–Crippen LogP) is 1.67. The molecule has 4 heteroatoms. The van der Waals surface area contributed by atoms with Crippen molar-refractivity contribution in [2.24, 2.45) is 0 Å². The van der Waals surface area contributed by atoms with E-state index in [4.69, 9.17) is 4.74 Å². The van der Waals surface area contributed by atoms with Gasteiger partial charge in [0.05, 0.1) is 0 Å². The zero-order valence-corrected chi connectivity index (χ0v) is 12.2. The molecule has 1 aliphatic carbocycles. The molecule has 1 saturated heterocycles. The van der Waals surface area contributed by atoms with E-state index in [1.807, 2.05) is 7.11 Å². The van der Waals surface area contributed by atoms with Crippen LogP contribution in [0.15, 0.2) is 0 Å². The van der Waals surface area contributed by atoms with Crippen LogP contribution in [0.1, 0.15) is 51.9 Å². The van der Waals surface area contributed by atoms with Crippen LogP contribution in [0, 0.1) is 0 Å². The van der Waals surface area contributed by atoms with Gasteiger partial charge in [0.15, 0.2) is 16.2 Å². The molecule has 0 aromatic heterocycles. The fourth-order valence-corrected chi connectivity index (χ4v) is 5.09. The van der Waals surface area contributed by atoms with E-state index in [-0.39, 0.29) is 9.84 Å². The van der Waals surface area contributed by atoms with Crippen molar-refractivity contribution in [1.29, 1.82) is 0 Å². The Labute approximate surface area is 102 Å². The number of unbranched alkanes of at least 4 members (excludes halogenated alkanes) is 1. The molecule has 0 spiro atoms. The van der Waals surface area contributed by atoms with Crippen molar-refractivity contribution in [3.05, 3.63) is 0 Å². The van der Waals surface area contributed by atoms with Crippen LogP contribution >= 0.6 is 0 Å². The summed E-state index contributed by atoms with van der Waals surface area (Å²) >= 11 is 0. The van der Waals surface area contributed by atoms with Crippen molar-refractivity contribution in [2.75, 3.05) is 13.7 Å². The molecule has 1 unspecified atom stereocenters. The third-order valence-electron chi connectivity index (χ3n) is 3.99. The standard InChI is InChI=1S/C12H26N2OSi/c1-3-4-10-13-12(15-2)14(16-13)11-8-6-5-7-9-11/h11-12H,3-10,16H2,1-2H3. The molecule has 0 bridgehead atoms. The van der Waals surface area contributed by atoms with E-state index in [2.05, 4.69) is 16.1 Å². The Morgan fingerprint density at radius 1 is 1.25 bits per heavy atom. The van der Waals surface area contributed by atoms with Crippen LogP contribution in [0.5, 0.6) is 0 Å². The van der Waals surface area contributed by atoms with Gasteiger partial charge in [-0.1, -0.05) is 32.6 Å². The second kappa shape index (κ2) is 6.14. The summed E-state index contributed by atoms with van der Waals surface area (Å²) in [5, 5.41) is 0. The topological polar surface area (TPSA) is 15.7 Å². The summed E-state index contributed by atoms with van der Waals surface area (Å²) in [6.45, 7) is 3.52. The lowest BCUT2D eigenvalue weighted by Gasteiger charge is -2.53. The van der Waals surface area contributed by atoms with Gasteiger partial charge in [-0.05, 0) is 25.8 Å². The van der Waals surface area contributed by atoms with Crippen molar-refractivity contribution in [1.82, 2.24) is 9.13 Å².